The van der Waals surface area contributed by atoms with Gasteiger partial charge in [0, 0.05) is 31.6 Å². The van der Waals surface area contributed by atoms with Crippen LogP contribution in [0.2, 0.25) is 0 Å². The maximum Gasteiger partial charge on any atom is 0.332 e. The molecule has 2 aromatic heterocycles. The molecule has 1 aliphatic heterocycles. The highest BCUT2D eigenvalue weighted by atomic mass is 32.1. The zero-order valence-electron chi connectivity index (χ0n) is 19.5. The molecular weight excluding hydrogens is 440 g/mol. The summed E-state index contributed by atoms with van der Waals surface area (Å²) in [5.74, 6) is 0.289. The van der Waals surface area contributed by atoms with E-state index < -0.39 is 5.69 Å². The summed E-state index contributed by atoms with van der Waals surface area (Å²) in [6.07, 6.45) is 6.26. The fourth-order valence-corrected chi connectivity index (χ4v) is 5.90. The number of hydrogen-bond donors (Lipinski definition) is 1. The van der Waals surface area contributed by atoms with Gasteiger partial charge in [-0.1, -0.05) is 6.92 Å². The summed E-state index contributed by atoms with van der Waals surface area (Å²) in [5.41, 5.74) is -0.190. The number of hydrogen-bond acceptors (Lipinski definition) is 5. The zero-order valence-corrected chi connectivity index (χ0v) is 20.4. The second-order valence-electron chi connectivity index (χ2n) is 9.55. The molecule has 2 aliphatic rings. The minimum atomic E-state index is -0.430. The van der Waals surface area contributed by atoms with E-state index in [2.05, 4.69) is 5.32 Å². The first-order chi connectivity index (χ1) is 15.9. The Kier molecular flexibility index (Phi) is 7.36. The van der Waals surface area contributed by atoms with Crippen molar-refractivity contribution in [1.29, 1.82) is 0 Å². The molecular formula is C24H34N4O4S. The van der Waals surface area contributed by atoms with Gasteiger partial charge in [-0.05, 0) is 69.2 Å². The molecule has 2 fully saturated rings. The molecule has 1 saturated carbocycles. The number of rotatable bonds is 7. The predicted molar refractivity (Wildman–Crippen MR) is 130 cm³/mol. The molecule has 0 radical (unpaired) electrons. The Morgan fingerprint density at radius 1 is 1.12 bits per heavy atom. The number of likely N-dealkylation sites (tertiary alicyclic amines) is 1. The number of thiophene rings is 1. The van der Waals surface area contributed by atoms with Crippen molar-refractivity contribution in [2.45, 2.75) is 77.9 Å². The molecule has 2 amide bonds. The molecule has 2 aromatic rings. The van der Waals surface area contributed by atoms with E-state index in [9.17, 15) is 19.2 Å². The van der Waals surface area contributed by atoms with Crippen LogP contribution >= 0.6 is 11.3 Å². The highest BCUT2D eigenvalue weighted by molar-refractivity contribution is 7.17. The Hall–Kier alpha value is -2.42. The first kappa shape index (κ1) is 23.7. The molecule has 1 N–H and O–H groups in total. The number of nitrogens with one attached hydrogen (secondary N) is 1. The molecule has 9 heteroatoms. The second-order valence-corrected chi connectivity index (χ2v) is 10.5. The Balaban J connectivity index is 1.50. The first-order valence-corrected chi connectivity index (χ1v) is 13.1. The number of fused-ring (bicyclic) bond motifs is 1. The van der Waals surface area contributed by atoms with Gasteiger partial charge in [0.25, 0.3) is 5.56 Å². The maximum absolute atomic E-state index is 13.3. The number of carbonyl (C=O) groups is 2. The van der Waals surface area contributed by atoms with Gasteiger partial charge in [-0.15, -0.1) is 11.3 Å². The van der Waals surface area contributed by atoms with E-state index in [0.29, 0.717) is 16.8 Å². The summed E-state index contributed by atoms with van der Waals surface area (Å²) < 4.78 is 3.24. The van der Waals surface area contributed by atoms with Gasteiger partial charge in [0.05, 0.1) is 5.52 Å². The molecule has 180 valence electrons. The molecule has 0 bridgehead atoms. The summed E-state index contributed by atoms with van der Waals surface area (Å²) in [6.45, 7) is 5.89. The fraction of sp³-hybridized carbons (Fsp3) is 0.667. The van der Waals surface area contributed by atoms with Crippen LogP contribution in [-0.2, 0) is 22.7 Å². The van der Waals surface area contributed by atoms with Crippen molar-refractivity contribution < 1.29 is 9.59 Å². The Labute approximate surface area is 197 Å². The third-order valence-corrected chi connectivity index (χ3v) is 8.10. The van der Waals surface area contributed by atoms with Crippen molar-refractivity contribution in [3.8, 4) is 0 Å². The van der Waals surface area contributed by atoms with Crippen LogP contribution in [0.3, 0.4) is 0 Å². The van der Waals surface area contributed by atoms with Gasteiger partial charge in [0.1, 0.15) is 11.2 Å². The normalized spacial score (nSPS) is 21.9. The zero-order chi connectivity index (χ0) is 23.5. The number of nitrogens with zero attached hydrogens (tertiary/aromatic N) is 3. The average Bonchev–Trinajstić information content (AvgIpc) is 3.52. The van der Waals surface area contributed by atoms with Crippen LogP contribution in [0.1, 0.15) is 58.8 Å². The van der Waals surface area contributed by atoms with Crippen molar-refractivity contribution in [3.05, 3.63) is 32.3 Å². The summed E-state index contributed by atoms with van der Waals surface area (Å²) in [4.78, 5) is 53.6. The molecule has 4 rings (SSSR count). The molecule has 1 saturated heterocycles. The quantitative estimate of drug-likeness (QED) is 0.667. The van der Waals surface area contributed by atoms with Crippen molar-refractivity contribution >= 4 is 33.4 Å². The number of carbonyl (C=O) groups excluding carboxylic acids is 2. The molecule has 1 atom stereocenters. The lowest BCUT2D eigenvalue weighted by molar-refractivity contribution is -0.135. The minimum absolute atomic E-state index is 0.0236. The smallest absolute Gasteiger partial charge is 0.332 e. The highest BCUT2D eigenvalue weighted by Crippen LogP contribution is 2.31. The third kappa shape index (κ3) is 5.08. The lowest BCUT2D eigenvalue weighted by Gasteiger charge is -2.30. The number of amides is 2. The Morgan fingerprint density at radius 3 is 2.48 bits per heavy atom. The molecule has 0 aromatic carbocycles. The van der Waals surface area contributed by atoms with Crippen LogP contribution in [-0.4, -0.2) is 45.0 Å². The summed E-state index contributed by atoms with van der Waals surface area (Å²) >= 11 is 1.30. The lowest BCUT2D eigenvalue weighted by Crippen LogP contribution is -2.44. The standard InChI is InChI=1S/C24H34N4O4S/c1-3-16(2)25-20(29)15-27-19-10-13-33-21(19)23(31)28(24(27)32)14-17-6-8-18(9-7-17)22(30)26-11-4-5-12-26/h10,13,16-18H,3-9,11-12,14-15H2,1-2H3,(H,25,29). The Bertz CT molecular complexity index is 1120. The second kappa shape index (κ2) is 10.2. The van der Waals surface area contributed by atoms with Crippen LogP contribution < -0.4 is 16.6 Å². The van der Waals surface area contributed by atoms with Crippen molar-refractivity contribution in [2.24, 2.45) is 11.8 Å². The van der Waals surface area contributed by atoms with E-state index in [1.165, 1.54) is 20.5 Å². The molecule has 33 heavy (non-hydrogen) atoms. The summed E-state index contributed by atoms with van der Waals surface area (Å²) in [5, 5.41) is 4.68. The third-order valence-electron chi connectivity index (χ3n) is 7.21. The topological polar surface area (TPSA) is 93.4 Å². The molecule has 8 nitrogen and oxygen atoms in total. The monoisotopic (exact) mass is 474 g/mol. The van der Waals surface area contributed by atoms with Gasteiger partial charge in [0.15, 0.2) is 0 Å². The summed E-state index contributed by atoms with van der Waals surface area (Å²) in [6, 6.07) is 1.76. The molecule has 1 aliphatic carbocycles. The fourth-order valence-electron chi connectivity index (χ4n) is 5.06. The van der Waals surface area contributed by atoms with E-state index in [0.717, 1.165) is 58.0 Å². The van der Waals surface area contributed by atoms with Gasteiger partial charge >= 0.3 is 5.69 Å². The van der Waals surface area contributed by atoms with Crippen LogP contribution in [0.4, 0.5) is 0 Å². The van der Waals surface area contributed by atoms with E-state index in [4.69, 9.17) is 0 Å². The first-order valence-electron chi connectivity index (χ1n) is 12.2. The van der Waals surface area contributed by atoms with Crippen molar-refractivity contribution in [1.82, 2.24) is 19.4 Å². The van der Waals surface area contributed by atoms with E-state index in [-0.39, 0.29) is 41.8 Å². The van der Waals surface area contributed by atoms with Gasteiger partial charge in [0.2, 0.25) is 11.8 Å². The average molecular weight is 475 g/mol. The SMILES string of the molecule is CCC(C)NC(=O)Cn1c(=O)n(CC2CCC(C(=O)N3CCCC3)CC2)c(=O)c2sccc21. The largest absolute Gasteiger partial charge is 0.352 e. The molecule has 1 unspecified atom stereocenters. The lowest BCUT2D eigenvalue weighted by atomic mass is 9.81. The van der Waals surface area contributed by atoms with Gasteiger partial charge in [-0.2, -0.15) is 0 Å². The van der Waals surface area contributed by atoms with Crippen LogP contribution in [0.5, 0.6) is 0 Å². The van der Waals surface area contributed by atoms with Crippen LogP contribution in [0, 0.1) is 11.8 Å². The summed E-state index contributed by atoms with van der Waals surface area (Å²) in [7, 11) is 0. The van der Waals surface area contributed by atoms with E-state index in [1.807, 2.05) is 18.7 Å². The molecule has 0 spiro atoms. The minimum Gasteiger partial charge on any atom is -0.352 e. The van der Waals surface area contributed by atoms with Gasteiger partial charge in [-0.3, -0.25) is 23.5 Å². The van der Waals surface area contributed by atoms with Gasteiger partial charge in [-0.25, -0.2) is 4.79 Å². The van der Waals surface area contributed by atoms with Crippen molar-refractivity contribution in [2.75, 3.05) is 13.1 Å². The van der Waals surface area contributed by atoms with Crippen molar-refractivity contribution in [3.63, 3.8) is 0 Å². The highest BCUT2D eigenvalue weighted by Gasteiger charge is 2.31. The predicted octanol–water partition coefficient (Wildman–Crippen LogP) is 2.57. The maximum atomic E-state index is 13.3. The van der Waals surface area contributed by atoms with E-state index in [1.54, 1.807) is 11.4 Å². The van der Waals surface area contributed by atoms with Crippen LogP contribution in [0.25, 0.3) is 10.2 Å². The van der Waals surface area contributed by atoms with Crippen LogP contribution in [0.15, 0.2) is 21.0 Å². The van der Waals surface area contributed by atoms with E-state index >= 15 is 0 Å². The Morgan fingerprint density at radius 2 is 1.82 bits per heavy atom. The van der Waals surface area contributed by atoms with Gasteiger partial charge < -0.3 is 10.2 Å². The molecule has 3 heterocycles. The number of aromatic nitrogens is 2.